The number of oxazole rings is 1. The van der Waals surface area contributed by atoms with Crippen LogP contribution < -0.4 is 5.73 Å². The second-order valence-electron chi connectivity index (χ2n) is 3.52. The van der Waals surface area contributed by atoms with Crippen LogP contribution in [-0.4, -0.2) is 18.7 Å². The third-order valence-electron chi connectivity index (χ3n) is 2.28. The molecule has 0 saturated heterocycles. The molecule has 0 amide bonds. The summed E-state index contributed by atoms with van der Waals surface area (Å²) in [6.45, 7) is 1.28. The number of rotatable bonds is 2. The van der Waals surface area contributed by atoms with Crippen molar-refractivity contribution in [3.8, 4) is 6.07 Å². The number of sulfone groups is 1. The maximum Gasteiger partial charge on any atom is 0.317 e. The van der Waals surface area contributed by atoms with E-state index in [1.807, 2.05) is 0 Å². The Morgan fingerprint density at radius 3 is 2.88 bits per heavy atom. The second kappa shape index (κ2) is 3.75. The number of hydrogen-bond donors (Lipinski definition) is 1. The maximum atomic E-state index is 11.8. The van der Waals surface area contributed by atoms with Gasteiger partial charge < -0.3 is 10.2 Å². The number of nitrogen functional groups attached to an aromatic ring is 1. The molecule has 1 atom stereocenters. The van der Waals surface area contributed by atoms with Crippen molar-refractivity contribution in [3.63, 3.8) is 0 Å². The Morgan fingerprint density at radius 2 is 2.24 bits per heavy atom. The van der Waals surface area contributed by atoms with E-state index in [0.717, 1.165) is 0 Å². The van der Waals surface area contributed by atoms with Crippen molar-refractivity contribution in [2.45, 2.75) is 17.4 Å². The van der Waals surface area contributed by atoms with Gasteiger partial charge in [-0.15, -0.1) is 0 Å². The molecule has 2 N–H and O–H groups in total. The number of aromatic nitrogens is 1. The maximum absolute atomic E-state index is 11.8. The molecule has 1 heterocycles. The summed E-state index contributed by atoms with van der Waals surface area (Å²) in [7, 11) is -3.84. The quantitative estimate of drug-likeness (QED) is 0.800. The summed E-state index contributed by atoms with van der Waals surface area (Å²) in [5.74, 6) is 0. The number of nitrogens with two attached hydrogens (primary N) is 1. The van der Waals surface area contributed by atoms with E-state index < -0.39 is 20.3 Å². The van der Waals surface area contributed by atoms with Gasteiger partial charge in [0.1, 0.15) is 5.52 Å². The zero-order valence-corrected chi connectivity index (χ0v) is 9.73. The van der Waals surface area contributed by atoms with Crippen LogP contribution in [-0.2, 0) is 9.84 Å². The molecule has 6 nitrogen and oxygen atoms in total. The van der Waals surface area contributed by atoms with Gasteiger partial charge >= 0.3 is 5.22 Å². The van der Waals surface area contributed by atoms with Crippen LogP contribution in [0.1, 0.15) is 6.92 Å². The molecule has 0 spiro atoms. The number of hydrogen-bond acceptors (Lipinski definition) is 6. The average molecular weight is 251 g/mol. The summed E-state index contributed by atoms with van der Waals surface area (Å²) in [5.41, 5.74) is 6.68. The van der Waals surface area contributed by atoms with Crippen molar-refractivity contribution in [3.05, 3.63) is 18.2 Å². The van der Waals surface area contributed by atoms with Crippen molar-refractivity contribution >= 4 is 26.6 Å². The molecule has 0 bridgehead atoms. The third kappa shape index (κ3) is 1.83. The van der Waals surface area contributed by atoms with E-state index in [9.17, 15) is 8.42 Å². The second-order valence-corrected chi connectivity index (χ2v) is 5.67. The Balaban J connectivity index is 2.62. The van der Waals surface area contributed by atoms with Crippen LogP contribution in [0.25, 0.3) is 11.1 Å². The fourth-order valence-electron chi connectivity index (χ4n) is 1.27. The van der Waals surface area contributed by atoms with Crippen LogP contribution in [0, 0.1) is 11.3 Å². The van der Waals surface area contributed by atoms with Crippen molar-refractivity contribution in [2.24, 2.45) is 0 Å². The highest BCUT2D eigenvalue weighted by Gasteiger charge is 2.28. The highest BCUT2D eigenvalue weighted by molar-refractivity contribution is 7.92. The summed E-state index contributed by atoms with van der Waals surface area (Å²) in [6.07, 6.45) is 0. The molecule has 0 fully saturated rings. The SMILES string of the molecule is CC(C#N)S(=O)(=O)c1nc2cc(N)ccc2o1. The van der Waals surface area contributed by atoms with Gasteiger partial charge in [-0.3, -0.25) is 0 Å². The Bertz CT molecular complexity index is 712. The highest BCUT2D eigenvalue weighted by Crippen LogP contribution is 2.23. The molecule has 0 aliphatic heterocycles. The molecule has 2 rings (SSSR count). The van der Waals surface area contributed by atoms with Gasteiger partial charge in [0.05, 0.1) is 6.07 Å². The number of benzene rings is 1. The molecule has 0 aliphatic rings. The Hall–Kier alpha value is -2.07. The number of nitriles is 1. The monoisotopic (exact) mass is 251 g/mol. The van der Waals surface area contributed by atoms with Gasteiger partial charge in [0.2, 0.25) is 9.84 Å². The minimum Gasteiger partial charge on any atom is -0.428 e. The van der Waals surface area contributed by atoms with Gasteiger partial charge in [-0.1, -0.05) is 0 Å². The fourth-order valence-corrected chi connectivity index (χ4v) is 2.14. The molecule has 1 unspecified atom stereocenters. The van der Waals surface area contributed by atoms with Crippen LogP contribution >= 0.6 is 0 Å². The molecule has 17 heavy (non-hydrogen) atoms. The Morgan fingerprint density at radius 1 is 1.53 bits per heavy atom. The smallest absolute Gasteiger partial charge is 0.317 e. The first-order valence-corrected chi connectivity index (χ1v) is 6.29. The van der Waals surface area contributed by atoms with Crippen LogP contribution in [0.3, 0.4) is 0 Å². The minimum absolute atomic E-state index is 0.322. The molecule has 7 heteroatoms. The lowest BCUT2D eigenvalue weighted by Crippen LogP contribution is -2.15. The molecular weight excluding hydrogens is 242 g/mol. The molecule has 2 aromatic rings. The Kier molecular flexibility index (Phi) is 2.52. The first-order valence-electron chi connectivity index (χ1n) is 4.74. The van der Waals surface area contributed by atoms with E-state index >= 15 is 0 Å². The first-order chi connectivity index (χ1) is 7.95. The summed E-state index contributed by atoms with van der Waals surface area (Å²) in [6, 6.07) is 6.27. The van der Waals surface area contributed by atoms with Gasteiger partial charge in [-0.25, -0.2) is 8.42 Å². The van der Waals surface area contributed by atoms with Gasteiger partial charge in [0, 0.05) is 5.69 Å². The van der Waals surface area contributed by atoms with Crippen molar-refractivity contribution < 1.29 is 12.8 Å². The zero-order chi connectivity index (χ0) is 12.6. The molecule has 88 valence electrons. The predicted octanol–water partition coefficient (Wildman–Crippen LogP) is 1.10. The van der Waals surface area contributed by atoms with Gasteiger partial charge in [0.25, 0.3) is 0 Å². The van der Waals surface area contributed by atoms with Gasteiger partial charge in [0.15, 0.2) is 10.8 Å². The molecule has 0 radical (unpaired) electrons. The largest absolute Gasteiger partial charge is 0.428 e. The normalized spacial score (nSPS) is 13.4. The number of fused-ring (bicyclic) bond motifs is 1. The third-order valence-corrected chi connectivity index (χ3v) is 3.98. The van der Waals surface area contributed by atoms with Crippen molar-refractivity contribution in [2.75, 3.05) is 5.73 Å². The number of anilines is 1. The van der Waals surface area contributed by atoms with Gasteiger partial charge in [-0.05, 0) is 25.1 Å². The molecule has 1 aromatic heterocycles. The van der Waals surface area contributed by atoms with E-state index in [4.69, 9.17) is 15.4 Å². The average Bonchev–Trinajstić information content (AvgIpc) is 2.71. The molecule has 1 aromatic carbocycles. The van der Waals surface area contributed by atoms with Crippen LogP contribution in [0.5, 0.6) is 0 Å². The lowest BCUT2D eigenvalue weighted by atomic mass is 10.3. The first kappa shape index (κ1) is 11.4. The topological polar surface area (TPSA) is 110 Å². The fraction of sp³-hybridized carbons (Fsp3) is 0.200. The molecular formula is C10H9N3O3S. The van der Waals surface area contributed by atoms with Gasteiger partial charge in [-0.2, -0.15) is 10.2 Å². The summed E-state index contributed by atoms with van der Waals surface area (Å²) >= 11 is 0. The van der Waals surface area contributed by atoms with Crippen LogP contribution in [0.15, 0.2) is 27.8 Å². The molecule has 0 saturated carbocycles. The number of nitrogens with zero attached hydrogens (tertiary/aromatic N) is 2. The lowest BCUT2D eigenvalue weighted by Gasteiger charge is -1.98. The van der Waals surface area contributed by atoms with Crippen molar-refractivity contribution in [1.29, 1.82) is 5.26 Å². The lowest BCUT2D eigenvalue weighted by molar-refractivity contribution is 0.457. The molecule has 0 aliphatic carbocycles. The van der Waals surface area contributed by atoms with E-state index in [1.54, 1.807) is 12.1 Å². The predicted molar refractivity (Wildman–Crippen MR) is 60.7 cm³/mol. The Labute approximate surface area is 97.6 Å². The van der Waals surface area contributed by atoms with Crippen LogP contribution in [0.4, 0.5) is 5.69 Å². The van der Waals surface area contributed by atoms with E-state index in [2.05, 4.69) is 4.98 Å². The van der Waals surface area contributed by atoms with E-state index in [0.29, 0.717) is 16.8 Å². The van der Waals surface area contributed by atoms with E-state index in [1.165, 1.54) is 19.1 Å². The summed E-state index contributed by atoms with van der Waals surface area (Å²) in [5, 5.41) is 6.98. The summed E-state index contributed by atoms with van der Waals surface area (Å²) in [4.78, 5) is 3.83. The van der Waals surface area contributed by atoms with Crippen molar-refractivity contribution in [1.82, 2.24) is 4.98 Å². The van der Waals surface area contributed by atoms with E-state index in [-0.39, 0.29) is 0 Å². The standard InChI is InChI=1S/C10H9N3O3S/c1-6(5-11)17(14,15)10-13-8-4-7(12)2-3-9(8)16-10/h2-4,6H,12H2,1H3. The highest BCUT2D eigenvalue weighted by atomic mass is 32.2. The zero-order valence-electron chi connectivity index (χ0n) is 8.91. The summed E-state index contributed by atoms with van der Waals surface area (Å²) < 4.78 is 28.7. The minimum atomic E-state index is -3.84. The van der Waals surface area contributed by atoms with Crippen LogP contribution in [0.2, 0.25) is 0 Å².